The Hall–Kier alpha value is -1.53. The van der Waals surface area contributed by atoms with Crippen LogP contribution in [0.15, 0.2) is 24.3 Å². The van der Waals surface area contributed by atoms with Crippen LogP contribution in [0.1, 0.15) is 37.7 Å². The highest BCUT2D eigenvalue weighted by Crippen LogP contribution is 2.21. The zero-order valence-electron chi connectivity index (χ0n) is 10.6. The lowest BCUT2D eigenvalue weighted by Crippen LogP contribution is -2.10. The monoisotopic (exact) mass is 245 g/mol. The van der Waals surface area contributed by atoms with Crippen molar-refractivity contribution in [2.75, 3.05) is 13.2 Å². The quantitative estimate of drug-likeness (QED) is 0.722. The van der Waals surface area contributed by atoms with Gasteiger partial charge < -0.3 is 9.47 Å². The molecule has 0 amide bonds. The molecule has 2 rings (SSSR count). The van der Waals surface area contributed by atoms with E-state index in [0.29, 0.717) is 18.3 Å². The highest BCUT2D eigenvalue weighted by atomic mass is 16.5. The first-order valence-electron chi connectivity index (χ1n) is 6.63. The zero-order valence-corrected chi connectivity index (χ0v) is 10.6. The van der Waals surface area contributed by atoms with Crippen molar-refractivity contribution in [3.05, 3.63) is 29.8 Å². The third-order valence-electron chi connectivity index (χ3n) is 3.18. The molecule has 3 heteroatoms. The molecule has 0 N–H and O–H groups in total. The summed E-state index contributed by atoms with van der Waals surface area (Å²) in [5.74, 6) is 0.759. The van der Waals surface area contributed by atoms with Gasteiger partial charge in [-0.2, -0.15) is 5.26 Å². The molecular weight excluding hydrogens is 226 g/mol. The van der Waals surface area contributed by atoms with Crippen LogP contribution < -0.4 is 4.74 Å². The molecule has 0 heterocycles. The molecule has 1 aromatic rings. The van der Waals surface area contributed by atoms with Crippen LogP contribution in [0.3, 0.4) is 0 Å². The summed E-state index contributed by atoms with van der Waals surface area (Å²) in [7, 11) is 0. The van der Waals surface area contributed by atoms with Crippen LogP contribution in [-0.2, 0) is 4.74 Å². The van der Waals surface area contributed by atoms with Gasteiger partial charge in [-0.1, -0.05) is 18.9 Å². The van der Waals surface area contributed by atoms with Gasteiger partial charge in [-0.15, -0.1) is 0 Å². The van der Waals surface area contributed by atoms with E-state index in [-0.39, 0.29) is 0 Å². The van der Waals surface area contributed by atoms with E-state index in [1.54, 1.807) is 12.1 Å². The molecule has 0 saturated heterocycles. The summed E-state index contributed by atoms with van der Waals surface area (Å²) in [4.78, 5) is 0. The van der Waals surface area contributed by atoms with Crippen molar-refractivity contribution in [3.8, 4) is 11.8 Å². The molecule has 96 valence electrons. The van der Waals surface area contributed by atoms with Crippen LogP contribution in [0.25, 0.3) is 0 Å². The minimum atomic E-state index is 0.479. The van der Waals surface area contributed by atoms with Crippen LogP contribution in [0, 0.1) is 11.3 Å². The molecule has 0 aliphatic heterocycles. The van der Waals surface area contributed by atoms with E-state index in [1.807, 2.05) is 12.1 Å². The number of hydrogen-bond acceptors (Lipinski definition) is 3. The topological polar surface area (TPSA) is 42.2 Å². The standard InChI is InChI=1S/C15H19NO2/c16-12-13-5-3-8-15(11-13)18-10-4-9-17-14-6-1-2-7-14/h3,5,8,11,14H,1-2,4,6-7,9-10H2. The smallest absolute Gasteiger partial charge is 0.120 e. The van der Waals surface area contributed by atoms with Gasteiger partial charge in [0, 0.05) is 6.42 Å². The molecule has 18 heavy (non-hydrogen) atoms. The average Bonchev–Trinajstić information content (AvgIpc) is 2.92. The number of nitriles is 1. The van der Waals surface area contributed by atoms with Crippen molar-refractivity contribution in [3.63, 3.8) is 0 Å². The van der Waals surface area contributed by atoms with Crippen molar-refractivity contribution in [1.29, 1.82) is 5.26 Å². The molecule has 1 aromatic carbocycles. The van der Waals surface area contributed by atoms with Crippen molar-refractivity contribution in [2.24, 2.45) is 0 Å². The summed E-state index contributed by atoms with van der Waals surface area (Å²) in [6, 6.07) is 9.35. The van der Waals surface area contributed by atoms with Gasteiger partial charge >= 0.3 is 0 Å². The molecule has 3 nitrogen and oxygen atoms in total. The summed E-state index contributed by atoms with van der Waals surface area (Å²) in [6.45, 7) is 1.41. The average molecular weight is 245 g/mol. The Labute approximate surface area is 108 Å². The Kier molecular flexibility index (Phi) is 5.04. The minimum Gasteiger partial charge on any atom is -0.493 e. The number of ether oxygens (including phenoxy) is 2. The van der Waals surface area contributed by atoms with Gasteiger partial charge in [0.1, 0.15) is 5.75 Å². The fourth-order valence-corrected chi connectivity index (χ4v) is 2.21. The lowest BCUT2D eigenvalue weighted by molar-refractivity contribution is 0.0505. The summed E-state index contributed by atoms with van der Waals surface area (Å²) in [6.07, 6.45) is 6.42. The van der Waals surface area contributed by atoms with Crippen LogP contribution in [0.5, 0.6) is 5.75 Å². The fourth-order valence-electron chi connectivity index (χ4n) is 2.21. The van der Waals surface area contributed by atoms with Gasteiger partial charge in [-0.3, -0.25) is 0 Å². The van der Waals surface area contributed by atoms with Crippen LogP contribution in [0.2, 0.25) is 0 Å². The van der Waals surface area contributed by atoms with E-state index < -0.39 is 0 Å². The largest absolute Gasteiger partial charge is 0.493 e. The Morgan fingerprint density at radius 1 is 1.22 bits per heavy atom. The van der Waals surface area contributed by atoms with Gasteiger partial charge in [0.05, 0.1) is 31.0 Å². The van der Waals surface area contributed by atoms with E-state index in [2.05, 4.69) is 6.07 Å². The van der Waals surface area contributed by atoms with Crippen LogP contribution in [0.4, 0.5) is 0 Å². The van der Waals surface area contributed by atoms with Gasteiger partial charge in [-0.05, 0) is 31.0 Å². The first-order chi connectivity index (χ1) is 8.88. The molecule has 1 saturated carbocycles. The molecule has 1 aliphatic rings. The maximum atomic E-state index is 8.77. The summed E-state index contributed by atoms with van der Waals surface area (Å²) in [5, 5.41) is 8.77. The minimum absolute atomic E-state index is 0.479. The Morgan fingerprint density at radius 3 is 2.83 bits per heavy atom. The van der Waals surface area contributed by atoms with E-state index in [1.165, 1.54) is 25.7 Å². The predicted octanol–water partition coefficient (Wildman–Crippen LogP) is 3.29. The molecule has 0 spiro atoms. The summed E-state index contributed by atoms with van der Waals surface area (Å²) < 4.78 is 11.3. The lowest BCUT2D eigenvalue weighted by atomic mass is 10.2. The molecule has 0 atom stereocenters. The highest BCUT2D eigenvalue weighted by molar-refractivity contribution is 5.36. The van der Waals surface area contributed by atoms with Gasteiger partial charge in [-0.25, -0.2) is 0 Å². The normalized spacial score (nSPS) is 15.5. The third-order valence-corrected chi connectivity index (χ3v) is 3.18. The van der Waals surface area contributed by atoms with E-state index in [9.17, 15) is 0 Å². The second-order valence-electron chi connectivity index (χ2n) is 4.62. The number of hydrogen-bond donors (Lipinski definition) is 0. The van der Waals surface area contributed by atoms with Crippen molar-refractivity contribution in [2.45, 2.75) is 38.2 Å². The fraction of sp³-hybridized carbons (Fsp3) is 0.533. The Bertz CT molecular complexity index is 405. The SMILES string of the molecule is N#Cc1cccc(OCCCOC2CCCC2)c1. The van der Waals surface area contributed by atoms with Crippen molar-refractivity contribution >= 4 is 0 Å². The molecule has 1 aliphatic carbocycles. The number of benzene rings is 1. The summed E-state index contributed by atoms with van der Waals surface area (Å²) >= 11 is 0. The first-order valence-corrected chi connectivity index (χ1v) is 6.63. The van der Waals surface area contributed by atoms with E-state index in [0.717, 1.165) is 18.8 Å². The third kappa shape index (κ3) is 4.05. The second-order valence-corrected chi connectivity index (χ2v) is 4.62. The highest BCUT2D eigenvalue weighted by Gasteiger charge is 2.14. The first kappa shape index (κ1) is 12.9. The van der Waals surface area contributed by atoms with Crippen molar-refractivity contribution in [1.82, 2.24) is 0 Å². The maximum absolute atomic E-state index is 8.77. The van der Waals surface area contributed by atoms with Gasteiger partial charge in [0.15, 0.2) is 0 Å². The molecule has 0 bridgehead atoms. The molecule has 0 radical (unpaired) electrons. The molecular formula is C15H19NO2. The van der Waals surface area contributed by atoms with Crippen molar-refractivity contribution < 1.29 is 9.47 Å². The molecule has 0 unspecified atom stereocenters. The molecule has 1 fully saturated rings. The van der Waals surface area contributed by atoms with Gasteiger partial charge in [0.25, 0.3) is 0 Å². The Balaban J connectivity index is 1.61. The Morgan fingerprint density at radius 2 is 2.06 bits per heavy atom. The second kappa shape index (κ2) is 7.03. The maximum Gasteiger partial charge on any atom is 0.120 e. The number of rotatable bonds is 6. The van der Waals surface area contributed by atoms with E-state index >= 15 is 0 Å². The number of nitrogens with zero attached hydrogens (tertiary/aromatic N) is 1. The lowest BCUT2D eigenvalue weighted by Gasteiger charge is -2.11. The van der Waals surface area contributed by atoms with Crippen LogP contribution in [-0.4, -0.2) is 19.3 Å². The van der Waals surface area contributed by atoms with E-state index in [4.69, 9.17) is 14.7 Å². The summed E-state index contributed by atoms with van der Waals surface area (Å²) in [5.41, 5.74) is 0.634. The van der Waals surface area contributed by atoms with Crippen LogP contribution >= 0.6 is 0 Å². The predicted molar refractivity (Wildman–Crippen MR) is 69.5 cm³/mol. The van der Waals surface area contributed by atoms with Gasteiger partial charge in [0.2, 0.25) is 0 Å². The molecule has 0 aromatic heterocycles. The zero-order chi connectivity index (χ0) is 12.6.